The Hall–Kier alpha value is -3.55. The SMILES string of the molecule is CC(=O)O[C@H]1C[C@](C)(O)[C@]23OC(C)(C)[C@H]([C@H](OC(=O)C(C)C)[C@@H](OC(=O)c4ccccc4)[C@]2(COC(=O)C(C)C)[C@H]1OC(C)=O)[C@H]3O. The summed E-state index contributed by atoms with van der Waals surface area (Å²) in [5, 5.41) is 24.9. The van der Waals surface area contributed by atoms with Gasteiger partial charge in [0.1, 0.15) is 29.8 Å². The summed E-state index contributed by atoms with van der Waals surface area (Å²) in [7, 11) is 0. The van der Waals surface area contributed by atoms with Gasteiger partial charge in [0.2, 0.25) is 0 Å². The fraction of sp³-hybridized carbons (Fsp3) is 0.676. The van der Waals surface area contributed by atoms with Crippen molar-refractivity contribution >= 4 is 29.8 Å². The van der Waals surface area contributed by atoms with Crippen LogP contribution in [0, 0.1) is 23.2 Å². The lowest BCUT2D eigenvalue weighted by atomic mass is 9.45. The van der Waals surface area contributed by atoms with E-state index in [-0.39, 0.29) is 5.56 Å². The maximum atomic E-state index is 13.9. The highest BCUT2D eigenvalue weighted by molar-refractivity contribution is 5.89. The first-order valence-corrected chi connectivity index (χ1v) is 15.8. The zero-order valence-electron chi connectivity index (χ0n) is 28.3. The Balaban J connectivity index is 2.13. The van der Waals surface area contributed by atoms with E-state index in [4.69, 9.17) is 28.4 Å². The first-order valence-electron chi connectivity index (χ1n) is 15.8. The Morgan fingerprint density at radius 1 is 0.851 bits per heavy atom. The minimum atomic E-state index is -2.23. The molecular weight excluding hydrogens is 616 g/mol. The zero-order chi connectivity index (χ0) is 35.3. The van der Waals surface area contributed by atoms with Gasteiger partial charge >= 0.3 is 29.8 Å². The minimum absolute atomic E-state index is 0.103. The van der Waals surface area contributed by atoms with Gasteiger partial charge in [0.05, 0.1) is 40.6 Å². The lowest BCUT2D eigenvalue weighted by Crippen LogP contribution is -2.85. The molecule has 1 aromatic rings. The summed E-state index contributed by atoms with van der Waals surface area (Å²) < 4.78 is 36.5. The molecule has 260 valence electrons. The summed E-state index contributed by atoms with van der Waals surface area (Å²) in [6.45, 7) is 12.4. The first-order chi connectivity index (χ1) is 21.7. The van der Waals surface area contributed by atoms with Crippen molar-refractivity contribution in [3.63, 3.8) is 0 Å². The smallest absolute Gasteiger partial charge is 0.338 e. The first kappa shape index (κ1) is 36.3. The molecule has 13 heteroatoms. The average molecular weight is 663 g/mol. The third kappa shape index (κ3) is 6.02. The van der Waals surface area contributed by atoms with Crippen LogP contribution in [0.5, 0.6) is 0 Å². The van der Waals surface area contributed by atoms with Crippen LogP contribution >= 0.6 is 0 Å². The molecule has 2 aliphatic carbocycles. The molecule has 2 bridgehead atoms. The molecule has 0 radical (unpaired) electrons. The minimum Gasteiger partial charge on any atom is -0.464 e. The molecule has 2 N–H and O–H groups in total. The van der Waals surface area contributed by atoms with Gasteiger partial charge in [-0.15, -0.1) is 0 Å². The number of hydrogen-bond donors (Lipinski definition) is 2. The van der Waals surface area contributed by atoms with E-state index in [0.29, 0.717) is 0 Å². The highest BCUT2D eigenvalue weighted by Crippen LogP contribution is 2.69. The number of aliphatic hydroxyl groups excluding tert-OH is 1. The number of esters is 5. The topological polar surface area (TPSA) is 181 Å². The van der Waals surface area contributed by atoms with E-state index >= 15 is 0 Å². The highest BCUT2D eigenvalue weighted by Gasteiger charge is 2.88. The third-order valence-corrected chi connectivity index (χ3v) is 9.58. The molecule has 3 aliphatic rings. The summed E-state index contributed by atoms with van der Waals surface area (Å²) in [5.41, 5.74) is -7.86. The molecule has 13 nitrogen and oxygen atoms in total. The summed E-state index contributed by atoms with van der Waals surface area (Å²) in [6.07, 6.45) is -8.38. The van der Waals surface area contributed by atoms with Crippen LogP contribution in [-0.2, 0) is 47.6 Å². The van der Waals surface area contributed by atoms with Gasteiger partial charge in [-0.25, -0.2) is 4.79 Å². The maximum absolute atomic E-state index is 13.9. The van der Waals surface area contributed by atoms with Crippen molar-refractivity contribution in [3.05, 3.63) is 35.9 Å². The quantitative estimate of drug-likeness (QED) is 0.291. The predicted octanol–water partition coefficient (Wildman–Crippen LogP) is 2.52. The molecular formula is C34H46O13. The van der Waals surface area contributed by atoms with Crippen LogP contribution in [0.4, 0.5) is 0 Å². The molecule has 1 heterocycles. The summed E-state index contributed by atoms with van der Waals surface area (Å²) in [5.74, 6) is -6.44. The van der Waals surface area contributed by atoms with Crippen LogP contribution in [-0.4, -0.2) is 94.0 Å². The van der Waals surface area contributed by atoms with E-state index in [1.165, 1.54) is 19.1 Å². The third-order valence-electron chi connectivity index (χ3n) is 9.58. The van der Waals surface area contributed by atoms with Gasteiger partial charge in [0.25, 0.3) is 0 Å². The molecule has 47 heavy (non-hydrogen) atoms. The molecule has 0 aromatic heterocycles. The average Bonchev–Trinajstić information content (AvgIpc) is 3.14. The Kier molecular flexibility index (Phi) is 9.89. The van der Waals surface area contributed by atoms with Crippen molar-refractivity contribution < 1.29 is 62.6 Å². The molecule has 4 rings (SSSR count). The second-order valence-electron chi connectivity index (χ2n) is 14.1. The van der Waals surface area contributed by atoms with Crippen molar-refractivity contribution in [2.45, 2.75) is 116 Å². The van der Waals surface area contributed by atoms with E-state index in [0.717, 1.165) is 13.8 Å². The molecule has 1 spiro atoms. The number of hydrogen-bond acceptors (Lipinski definition) is 13. The highest BCUT2D eigenvalue weighted by atomic mass is 16.6. The normalized spacial score (nSPS) is 35.4. The fourth-order valence-electron chi connectivity index (χ4n) is 7.74. The number of rotatable bonds is 9. The number of carbonyl (C=O) groups excluding carboxylic acids is 5. The van der Waals surface area contributed by atoms with Crippen molar-refractivity contribution in [2.24, 2.45) is 23.2 Å². The fourth-order valence-corrected chi connectivity index (χ4v) is 7.74. The standard InChI is InChI=1S/C34H46O13/c1-17(2)28(38)42-16-33-26(44-20(6)36)22(43-19(5)35)15-32(9,41)34(33)25(37)23(31(7,8)47-34)24(45-29(39)18(3)4)27(33)46-30(40)21-13-11-10-12-14-21/h10-14,17-18,22-27,37,41H,15-16H2,1-9H3/t22-,23+,24-,25+,26-,27+,32-,33-,34-/m0/s1. The van der Waals surface area contributed by atoms with Crippen molar-refractivity contribution in [1.82, 2.24) is 0 Å². The van der Waals surface area contributed by atoms with Gasteiger partial charge < -0.3 is 38.6 Å². The maximum Gasteiger partial charge on any atom is 0.338 e. The predicted molar refractivity (Wildman–Crippen MR) is 162 cm³/mol. The molecule has 1 saturated heterocycles. The van der Waals surface area contributed by atoms with Gasteiger partial charge in [-0.2, -0.15) is 0 Å². The molecule has 3 fully saturated rings. The van der Waals surface area contributed by atoms with Gasteiger partial charge in [-0.3, -0.25) is 19.2 Å². The van der Waals surface area contributed by atoms with E-state index in [9.17, 15) is 34.2 Å². The molecule has 1 aliphatic heterocycles. The molecule has 0 unspecified atom stereocenters. The molecule has 9 atom stereocenters. The summed E-state index contributed by atoms with van der Waals surface area (Å²) in [6, 6.07) is 7.90. The van der Waals surface area contributed by atoms with Crippen LogP contribution in [0.15, 0.2) is 30.3 Å². The number of aliphatic hydroxyl groups is 2. The van der Waals surface area contributed by atoms with Gasteiger partial charge in [-0.05, 0) is 32.9 Å². The van der Waals surface area contributed by atoms with Gasteiger partial charge in [-0.1, -0.05) is 45.9 Å². The van der Waals surface area contributed by atoms with Gasteiger partial charge in [0, 0.05) is 20.3 Å². The summed E-state index contributed by atoms with van der Waals surface area (Å²) in [4.78, 5) is 65.7. The monoisotopic (exact) mass is 662 g/mol. The van der Waals surface area contributed by atoms with Gasteiger partial charge in [0.15, 0.2) is 12.2 Å². The second-order valence-corrected chi connectivity index (χ2v) is 14.1. The zero-order valence-corrected chi connectivity index (χ0v) is 28.3. The number of fused-ring (bicyclic) bond motifs is 1. The number of ether oxygens (including phenoxy) is 6. The molecule has 0 amide bonds. The lowest BCUT2D eigenvalue weighted by molar-refractivity contribution is -0.363. The lowest BCUT2D eigenvalue weighted by Gasteiger charge is -2.66. The Morgan fingerprint density at radius 3 is 1.96 bits per heavy atom. The molecule has 1 aromatic carbocycles. The summed E-state index contributed by atoms with van der Waals surface area (Å²) >= 11 is 0. The largest absolute Gasteiger partial charge is 0.464 e. The van der Waals surface area contributed by atoms with Crippen LogP contribution < -0.4 is 0 Å². The Morgan fingerprint density at radius 2 is 1.43 bits per heavy atom. The van der Waals surface area contributed by atoms with Crippen molar-refractivity contribution in [2.75, 3.05) is 6.61 Å². The Bertz CT molecular complexity index is 1390. The van der Waals surface area contributed by atoms with Crippen molar-refractivity contribution in [3.8, 4) is 0 Å². The molecule has 2 saturated carbocycles. The number of carbonyl (C=O) groups is 5. The van der Waals surface area contributed by atoms with E-state index < -0.39 is 113 Å². The van der Waals surface area contributed by atoms with E-state index in [1.54, 1.807) is 59.7 Å². The van der Waals surface area contributed by atoms with Crippen LogP contribution in [0.25, 0.3) is 0 Å². The van der Waals surface area contributed by atoms with Crippen LogP contribution in [0.1, 0.15) is 79.1 Å². The van der Waals surface area contributed by atoms with E-state index in [1.807, 2.05) is 0 Å². The van der Waals surface area contributed by atoms with Crippen LogP contribution in [0.2, 0.25) is 0 Å². The number of benzene rings is 1. The second kappa shape index (κ2) is 12.8. The van der Waals surface area contributed by atoms with Crippen LogP contribution in [0.3, 0.4) is 0 Å². The van der Waals surface area contributed by atoms with Crippen molar-refractivity contribution in [1.29, 1.82) is 0 Å². The van der Waals surface area contributed by atoms with E-state index in [2.05, 4.69) is 0 Å². The Labute approximate surface area is 274 Å².